The Hall–Kier alpha value is -2.05. The van der Waals surface area contributed by atoms with Crippen LogP contribution in [0, 0.1) is 0 Å². The molecule has 0 saturated heterocycles. The van der Waals surface area contributed by atoms with Gasteiger partial charge in [0.05, 0.1) is 28.8 Å². The number of aromatic nitrogens is 1. The first-order valence-electron chi connectivity index (χ1n) is 8.77. The highest BCUT2D eigenvalue weighted by Gasteiger charge is 2.17. The molecule has 0 unspecified atom stereocenters. The summed E-state index contributed by atoms with van der Waals surface area (Å²) in [6.45, 7) is 6.44. The third kappa shape index (κ3) is 5.02. The number of hydrogen-bond acceptors (Lipinski definition) is 5. The maximum Gasteiger partial charge on any atom is 0.234 e. The lowest BCUT2D eigenvalue weighted by Gasteiger charge is -2.21. The Labute approximate surface area is 168 Å². The molecule has 3 rings (SSSR count). The van der Waals surface area contributed by atoms with Crippen molar-refractivity contribution in [2.75, 3.05) is 18.2 Å². The number of carbonyl (C=O) groups is 1. The lowest BCUT2D eigenvalue weighted by molar-refractivity contribution is -0.113. The van der Waals surface area contributed by atoms with Crippen molar-refractivity contribution in [3.05, 3.63) is 53.0 Å². The van der Waals surface area contributed by atoms with Gasteiger partial charge in [-0.05, 0) is 35.2 Å². The summed E-state index contributed by atoms with van der Waals surface area (Å²) in [5.74, 6) is 1.74. The van der Waals surface area contributed by atoms with E-state index in [-0.39, 0.29) is 11.3 Å². The van der Waals surface area contributed by atoms with Gasteiger partial charge in [-0.3, -0.25) is 4.79 Å². The molecule has 3 aromatic rings. The second-order valence-electron chi connectivity index (χ2n) is 7.28. The van der Waals surface area contributed by atoms with Crippen molar-refractivity contribution in [1.29, 1.82) is 0 Å². The normalized spacial score (nSPS) is 11.6. The van der Waals surface area contributed by atoms with Gasteiger partial charge in [-0.2, -0.15) is 0 Å². The van der Waals surface area contributed by atoms with E-state index >= 15 is 0 Å². The number of nitrogens with one attached hydrogen (secondary N) is 1. The molecule has 4 nitrogen and oxygen atoms in total. The second kappa shape index (κ2) is 8.31. The molecule has 1 amide bonds. The third-order valence-electron chi connectivity index (χ3n) is 4.14. The first-order chi connectivity index (χ1) is 12.9. The monoisotopic (exact) mass is 400 g/mol. The first kappa shape index (κ1) is 19.7. The minimum absolute atomic E-state index is 0.00729. The number of rotatable bonds is 6. The maximum absolute atomic E-state index is 12.4. The van der Waals surface area contributed by atoms with Gasteiger partial charge in [-0.25, -0.2) is 4.98 Å². The van der Waals surface area contributed by atoms with Gasteiger partial charge in [-0.15, -0.1) is 23.1 Å². The number of benzene rings is 2. The molecule has 0 fully saturated rings. The van der Waals surface area contributed by atoms with Gasteiger partial charge in [0, 0.05) is 5.75 Å². The van der Waals surface area contributed by atoms with E-state index in [1.165, 1.54) is 4.70 Å². The fourth-order valence-electron chi connectivity index (χ4n) is 2.67. The number of thiazole rings is 1. The summed E-state index contributed by atoms with van der Waals surface area (Å²) < 4.78 is 6.57. The molecule has 27 heavy (non-hydrogen) atoms. The Balaban J connectivity index is 1.60. The number of amides is 1. The fraction of sp³-hybridized carbons (Fsp3) is 0.333. The lowest BCUT2D eigenvalue weighted by Crippen LogP contribution is -2.17. The maximum atomic E-state index is 12.4. The Kier molecular flexibility index (Phi) is 6.07. The van der Waals surface area contributed by atoms with E-state index in [4.69, 9.17) is 4.74 Å². The van der Waals surface area contributed by atoms with Crippen LogP contribution in [0.3, 0.4) is 0 Å². The van der Waals surface area contributed by atoms with Crippen molar-refractivity contribution in [3.8, 4) is 5.75 Å². The number of para-hydroxylation sites is 1. The summed E-state index contributed by atoms with van der Waals surface area (Å²) in [5, 5.41) is 4.03. The number of ether oxygens (including phenoxy) is 1. The highest BCUT2D eigenvalue weighted by atomic mass is 32.2. The van der Waals surface area contributed by atoms with Gasteiger partial charge in [0.1, 0.15) is 10.8 Å². The van der Waals surface area contributed by atoms with Crippen molar-refractivity contribution in [1.82, 2.24) is 4.98 Å². The Bertz CT molecular complexity index is 912. The molecule has 0 aliphatic carbocycles. The van der Waals surface area contributed by atoms with Gasteiger partial charge in [0.25, 0.3) is 0 Å². The van der Waals surface area contributed by atoms with Crippen LogP contribution in [0.4, 0.5) is 5.69 Å². The van der Waals surface area contributed by atoms with E-state index in [0.717, 1.165) is 27.5 Å². The molecule has 142 valence electrons. The van der Waals surface area contributed by atoms with Crippen LogP contribution in [0.15, 0.2) is 42.5 Å². The van der Waals surface area contributed by atoms with E-state index < -0.39 is 0 Å². The molecule has 6 heteroatoms. The standard InChI is InChI=1S/C21H24N2O2S2/c1-21(2,3)14-9-10-17(25-4)16(11-14)22-19(24)12-26-13-20-23-15-7-5-6-8-18(15)27-20/h5-11H,12-13H2,1-4H3,(H,22,24). The quantitative estimate of drug-likeness (QED) is 0.596. The molecule has 0 aliphatic rings. The molecule has 1 heterocycles. The topological polar surface area (TPSA) is 51.2 Å². The Morgan fingerprint density at radius 2 is 2.00 bits per heavy atom. The van der Waals surface area contributed by atoms with Gasteiger partial charge in [0.2, 0.25) is 5.91 Å². The minimum Gasteiger partial charge on any atom is -0.495 e. The highest BCUT2D eigenvalue weighted by Crippen LogP contribution is 2.31. The van der Waals surface area contributed by atoms with Crippen molar-refractivity contribution >= 4 is 44.9 Å². The molecule has 1 N–H and O–H groups in total. The molecule has 1 aromatic heterocycles. The predicted molar refractivity (Wildman–Crippen MR) is 116 cm³/mol. The number of carbonyl (C=O) groups excluding carboxylic acids is 1. The largest absolute Gasteiger partial charge is 0.495 e. The summed E-state index contributed by atoms with van der Waals surface area (Å²) in [4.78, 5) is 17.0. The number of nitrogens with zero attached hydrogens (tertiary/aromatic N) is 1. The van der Waals surface area contributed by atoms with Crippen LogP contribution in [-0.4, -0.2) is 23.8 Å². The Morgan fingerprint density at radius 3 is 2.70 bits per heavy atom. The predicted octanol–water partition coefficient (Wildman–Crippen LogP) is 5.47. The summed E-state index contributed by atoms with van der Waals surface area (Å²) in [6, 6.07) is 14.0. The van der Waals surface area contributed by atoms with Crippen LogP contribution in [-0.2, 0) is 16.0 Å². The Morgan fingerprint density at radius 1 is 1.22 bits per heavy atom. The molecule has 0 aliphatic heterocycles. The molecular weight excluding hydrogens is 376 g/mol. The van der Waals surface area contributed by atoms with Crippen LogP contribution in [0.5, 0.6) is 5.75 Å². The van der Waals surface area contributed by atoms with Crippen molar-refractivity contribution in [2.45, 2.75) is 31.9 Å². The van der Waals surface area contributed by atoms with Gasteiger partial charge in [-0.1, -0.05) is 39.0 Å². The summed E-state index contributed by atoms with van der Waals surface area (Å²) in [5.41, 5.74) is 2.90. The summed E-state index contributed by atoms with van der Waals surface area (Å²) in [7, 11) is 1.61. The molecule has 0 bridgehead atoms. The van der Waals surface area contributed by atoms with E-state index in [1.54, 1.807) is 30.2 Å². The third-order valence-corrected chi connectivity index (χ3v) is 6.30. The summed E-state index contributed by atoms with van der Waals surface area (Å²) in [6.07, 6.45) is 0. The number of methoxy groups -OCH3 is 1. The average Bonchev–Trinajstić information content (AvgIpc) is 3.03. The van der Waals surface area contributed by atoms with Crippen LogP contribution in [0.1, 0.15) is 31.3 Å². The smallest absolute Gasteiger partial charge is 0.234 e. The molecule has 0 radical (unpaired) electrons. The van der Waals surface area contributed by atoms with Crippen molar-refractivity contribution in [3.63, 3.8) is 0 Å². The minimum atomic E-state index is -0.0366. The zero-order chi connectivity index (χ0) is 19.4. The molecule has 0 spiro atoms. The van der Waals surface area contributed by atoms with Gasteiger partial charge < -0.3 is 10.1 Å². The zero-order valence-electron chi connectivity index (χ0n) is 16.0. The number of anilines is 1. The lowest BCUT2D eigenvalue weighted by atomic mass is 9.87. The number of hydrogen-bond donors (Lipinski definition) is 1. The SMILES string of the molecule is COc1ccc(C(C)(C)C)cc1NC(=O)CSCc1nc2ccccc2s1. The van der Waals surface area contributed by atoms with Crippen molar-refractivity contribution in [2.24, 2.45) is 0 Å². The molecule has 0 saturated carbocycles. The zero-order valence-corrected chi connectivity index (χ0v) is 17.7. The van der Waals surface area contributed by atoms with E-state index in [0.29, 0.717) is 11.5 Å². The van der Waals surface area contributed by atoms with Crippen LogP contribution >= 0.6 is 23.1 Å². The number of thioether (sulfide) groups is 1. The molecular formula is C21H24N2O2S2. The van der Waals surface area contributed by atoms with E-state index in [9.17, 15) is 4.79 Å². The summed E-state index contributed by atoms with van der Waals surface area (Å²) >= 11 is 3.25. The first-order valence-corrected chi connectivity index (χ1v) is 10.7. The van der Waals surface area contributed by atoms with E-state index in [2.05, 4.69) is 37.1 Å². The highest BCUT2D eigenvalue weighted by molar-refractivity contribution is 7.99. The molecule has 0 atom stereocenters. The fourth-order valence-corrected chi connectivity index (χ4v) is 4.52. The van der Waals surface area contributed by atoms with Gasteiger partial charge in [0.15, 0.2) is 0 Å². The number of fused-ring (bicyclic) bond motifs is 1. The van der Waals surface area contributed by atoms with Crippen molar-refractivity contribution < 1.29 is 9.53 Å². The molecule has 2 aromatic carbocycles. The van der Waals surface area contributed by atoms with E-state index in [1.807, 2.05) is 36.4 Å². The van der Waals surface area contributed by atoms with Crippen LogP contribution < -0.4 is 10.1 Å². The average molecular weight is 401 g/mol. The van der Waals surface area contributed by atoms with Gasteiger partial charge >= 0.3 is 0 Å². The van der Waals surface area contributed by atoms with Crippen LogP contribution in [0.2, 0.25) is 0 Å². The second-order valence-corrected chi connectivity index (χ2v) is 9.38. The van der Waals surface area contributed by atoms with Crippen LogP contribution in [0.25, 0.3) is 10.2 Å².